The zero-order valence-corrected chi connectivity index (χ0v) is 11.1. The molecule has 0 spiro atoms. The second kappa shape index (κ2) is 7.01. The summed E-state index contributed by atoms with van der Waals surface area (Å²) in [6.07, 6.45) is 0. The molecule has 0 heterocycles. The molecule has 0 saturated heterocycles. The Morgan fingerprint density at radius 1 is 1.33 bits per heavy atom. The molecule has 0 saturated carbocycles. The van der Waals surface area contributed by atoms with E-state index in [4.69, 9.17) is 14.6 Å². The fourth-order valence-corrected chi connectivity index (χ4v) is 1.47. The Balaban J connectivity index is 2.49. The molecule has 0 aliphatic heterocycles. The predicted octanol–water partition coefficient (Wildman–Crippen LogP) is 2.74. The van der Waals surface area contributed by atoms with Crippen LogP contribution >= 0.6 is 0 Å². The minimum absolute atomic E-state index is 0.193. The van der Waals surface area contributed by atoms with E-state index in [-0.39, 0.29) is 5.56 Å². The number of rotatable bonds is 7. The average Bonchev–Trinajstić information content (AvgIpc) is 2.29. The second-order valence-corrected chi connectivity index (χ2v) is 4.62. The Morgan fingerprint density at radius 2 is 2.06 bits per heavy atom. The Morgan fingerprint density at radius 3 is 2.67 bits per heavy atom. The number of carboxylic acids is 1. The molecule has 4 heteroatoms. The number of aryl methyl sites for hydroxylation is 1. The maximum absolute atomic E-state index is 11.0. The van der Waals surface area contributed by atoms with Crippen molar-refractivity contribution in [2.45, 2.75) is 20.8 Å². The molecular formula is C14H20O4. The maximum Gasteiger partial charge on any atom is 0.339 e. The molecule has 0 aliphatic carbocycles. The van der Waals surface area contributed by atoms with Crippen molar-refractivity contribution in [1.29, 1.82) is 0 Å². The van der Waals surface area contributed by atoms with E-state index < -0.39 is 5.97 Å². The van der Waals surface area contributed by atoms with Crippen LogP contribution in [0.4, 0.5) is 0 Å². The Labute approximate surface area is 108 Å². The van der Waals surface area contributed by atoms with Gasteiger partial charge in [-0.05, 0) is 25.0 Å². The lowest BCUT2D eigenvalue weighted by Crippen LogP contribution is -2.12. The highest BCUT2D eigenvalue weighted by atomic mass is 16.5. The summed E-state index contributed by atoms with van der Waals surface area (Å²) in [7, 11) is 0. The summed E-state index contributed by atoms with van der Waals surface area (Å²) in [6, 6.07) is 5.12. The summed E-state index contributed by atoms with van der Waals surface area (Å²) in [5, 5.41) is 9.05. The molecule has 0 unspecified atom stereocenters. The van der Waals surface area contributed by atoms with Gasteiger partial charge in [-0.1, -0.05) is 25.5 Å². The lowest BCUT2D eigenvalue weighted by Gasteiger charge is -2.11. The number of aromatic carboxylic acids is 1. The van der Waals surface area contributed by atoms with E-state index in [0.717, 1.165) is 5.56 Å². The Hall–Kier alpha value is -1.55. The largest absolute Gasteiger partial charge is 0.490 e. The Kier molecular flexibility index (Phi) is 5.65. The average molecular weight is 252 g/mol. The summed E-state index contributed by atoms with van der Waals surface area (Å²) in [5.74, 6) is -0.1000. The fraction of sp³-hybridized carbons (Fsp3) is 0.500. The molecule has 0 radical (unpaired) electrons. The first-order valence-electron chi connectivity index (χ1n) is 6.05. The number of benzene rings is 1. The van der Waals surface area contributed by atoms with Crippen molar-refractivity contribution < 1.29 is 19.4 Å². The molecule has 100 valence electrons. The first kappa shape index (κ1) is 14.5. The first-order chi connectivity index (χ1) is 8.50. The van der Waals surface area contributed by atoms with Gasteiger partial charge >= 0.3 is 5.97 Å². The number of carboxylic acid groups (broad SMARTS) is 1. The van der Waals surface area contributed by atoms with Crippen LogP contribution in [0.5, 0.6) is 5.75 Å². The maximum atomic E-state index is 11.0. The van der Waals surface area contributed by atoms with E-state index >= 15 is 0 Å². The highest BCUT2D eigenvalue weighted by molar-refractivity contribution is 5.91. The third-order valence-electron chi connectivity index (χ3n) is 2.30. The third-order valence-corrected chi connectivity index (χ3v) is 2.30. The third kappa shape index (κ3) is 4.75. The van der Waals surface area contributed by atoms with Crippen molar-refractivity contribution in [1.82, 2.24) is 0 Å². The van der Waals surface area contributed by atoms with E-state index in [1.165, 1.54) is 0 Å². The van der Waals surface area contributed by atoms with Crippen LogP contribution in [0.15, 0.2) is 18.2 Å². The normalized spacial score (nSPS) is 10.7. The van der Waals surface area contributed by atoms with Gasteiger partial charge in [0.1, 0.15) is 17.9 Å². The van der Waals surface area contributed by atoms with Gasteiger partial charge < -0.3 is 14.6 Å². The minimum atomic E-state index is -0.975. The summed E-state index contributed by atoms with van der Waals surface area (Å²) in [4.78, 5) is 11.0. The molecule has 0 atom stereocenters. The van der Waals surface area contributed by atoms with Gasteiger partial charge in [-0.25, -0.2) is 4.79 Å². The zero-order chi connectivity index (χ0) is 13.5. The molecular weight excluding hydrogens is 232 g/mol. The van der Waals surface area contributed by atoms with Gasteiger partial charge in [0.25, 0.3) is 0 Å². The van der Waals surface area contributed by atoms with Crippen molar-refractivity contribution in [2.24, 2.45) is 5.92 Å². The van der Waals surface area contributed by atoms with Gasteiger partial charge in [-0.2, -0.15) is 0 Å². The fourth-order valence-electron chi connectivity index (χ4n) is 1.47. The SMILES string of the molecule is Cc1ccc(OCCOCC(C)C)c(C(=O)O)c1. The monoisotopic (exact) mass is 252 g/mol. The molecule has 0 amide bonds. The Bertz CT molecular complexity index is 399. The molecule has 1 N–H and O–H groups in total. The molecule has 1 aromatic rings. The summed E-state index contributed by atoms with van der Waals surface area (Å²) >= 11 is 0. The number of carbonyl (C=O) groups is 1. The van der Waals surface area contributed by atoms with Crippen LogP contribution in [-0.4, -0.2) is 30.9 Å². The minimum Gasteiger partial charge on any atom is -0.490 e. The van der Waals surface area contributed by atoms with Crippen LogP contribution in [-0.2, 0) is 4.74 Å². The summed E-state index contributed by atoms with van der Waals surface area (Å²) in [6.45, 7) is 7.50. The van der Waals surface area contributed by atoms with Crippen molar-refractivity contribution in [2.75, 3.05) is 19.8 Å². The van der Waals surface area contributed by atoms with Crippen LogP contribution in [0.25, 0.3) is 0 Å². The van der Waals surface area contributed by atoms with Crippen molar-refractivity contribution in [3.8, 4) is 5.75 Å². The molecule has 0 fully saturated rings. The van der Waals surface area contributed by atoms with Crippen LogP contribution in [0.1, 0.15) is 29.8 Å². The van der Waals surface area contributed by atoms with Crippen LogP contribution in [0.2, 0.25) is 0 Å². The number of hydrogen-bond acceptors (Lipinski definition) is 3. The van der Waals surface area contributed by atoms with E-state index in [1.54, 1.807) is 12.1 Å². The lowest BCUT2D eigenvalue weighted by molar-refractivity contribution is 0.0677. The zero-order valence-electron chi connectivity index (χ0n) is 11.1. The van der Waals surface area contributed by atoms with Crippen LogP contribution in [0, 0.1) is 12.8 Å². The number of ether oxygens (including phenoxy) is 2. The predicted molar refractivity (Wildman–Crippen MR) is 69.3 cm³/mol. The molecule has 1 aromatic carbocycles. The van der Waals surface area contributed by atoms with E-state index in [1.807, 2.05) is 13.0 Å². The van der Waals surface area contributed by atoms with Crippen molar-refractivity contribution in [3.05, 3.63) is 29.3 Å². The lowest BCUT2D eigenvalue weighted by atomic mass is 10.1. The smallest absolute Gasteiger partial charge is 0.339 e. The molecule has 18 heavy (non-hydrogen) atoms. The first-order valence-corrected chi connectivity index (χ1v) is 6.05. The van der Waals surface area contributed by atoms with Crippen LogP contribution in [0.3, 0.4) is 0 Å². The number of hydrogen-bond donors (Lipinski definition) is 1. The molecule has 4 nitrogen and oxygen atoms in total. The van der Waals surface area contributed by atoms with Crippen molar-refractivity contribution in [3.63, 3.8) is 0 Å². The molecule has 1 rings (SSSR count). The van der Waals surface area contributed by atoms with Crippen molar-refractivity contribution >= 4 is 5.97 Å². The quantitative estimate of drug-likeness (QED) is 0.758. The highest BCUT2D eigenvalue weighted by Gasteiger charge is 2.11. The van der Waals surface area contributed by atoms with Gasteiger partial charge in [0, 0.05) is 6.61 Å². The van der Waals surface area contributed by atoms with Crippen LogP contribution < -0.4 is 4.74 Å². The summed E-state index contributed by atoms with van der Waals surface area (Å²) < 4.78 is 10.8. The topological polar surface area (TPSA) is 55.8 Å². The molecule has 0 aromatic heterocycles. The van der Waals surface area contributed by atoms with Gasteiger partial charge in [-0.15, -0.1) is 0 Å². The van der Waals surface area contributed by atoms with Gasteiger partial charge in [-0.3, -0.25) is 0 Å². The van der Waals surface area contributed by atoms with E-state index in [2.05, 4.69) is 13.8 Å². The van der Waals surface area contributed by atoms with Gasteiger partial charge in [0.15, 0.2) is 0 Å². The highest BCUT2D eigenvalue weighted by Crippen LogP contribution is 2.19. The molecule has 0 aliphatic rings. The van der Waals surface area contributed by atoms with E-state index in [0.29, 0.717) is 31.5 Å². The summed E-state index contributed by atoms with van der Waals surface area (Å²) in [5.41, 5.74) is 1.09. The van der Waals surface area contributed by atoms with Gasteiger partial charge in [0.05, 0.1) is 6.61 Å². The standard InChI is InChI=1S/C14H20O4/c1-10(2)9-17-6-7-18-13-5-4-11(3)8-12(13)14(15)16/h4-5,8,10H,6-7,9H2,1-3H3,(H,15,16). The second-order valence-electron chi connectivity index (χ2n) is 4.62. The van der Waals surface area contributed by atoms with Gasteiger partial charge in [0.2, 0.25) is 0 Å². The van der Waals surface area contributed by atoms with E-state index in [9.17, 15) is 4.79 Å². The molecule has 0 bridgehead atoms.